The normalized spacial score (nSPS) is 19.9. The Kier molecular flexibility index (Phi) is 4.47. The maximum atomic E-state index is 11.5. The number of benzene rings is 1. The fourth-order valence-electron chi connectivity index (χ4n) is 2.06. The molecule has 0 aromatic heterocycles. The molecule has 1 saturated heterocycles. The zero-order valence-corrected chi connectivity index (χ0v) is 11.9. The number of anilines is 1. The van der Waals surface area contributed by atoms with Gasteiger partial charge in [-0.3, -0.25) is 4.79 Å². The molecule has 5 heteroatoms. The lowest BCUT2D eigenvalue weighted by Crippen LogP contribution is -2.26. The molecule has 18 heavy (non-hydrogen) atoms. The predicted molar refractivity (Wildman–Crippen MR) is 75.0 cm³/mol. The Morgan fingerprint density at radius 2 is 2.33 bits per heavy atom. The molecule has 1 aromatic carbocycles. The molecule has 1 aromatic rings. The molecule has 1 unspecified atom stereocenters. The lowest BCUT2D eigenvalue weighted by molar-refractivity contribution is -0.120. The van der Waals surface area contributed by atoms with Crippen LogP contribution in [0.25, 0.3) is 0 Å². The van der Waals surface area contributed by atoms with Crippen LogP contribution in [0.4, 0.5) is 5.69 Å². The monoisotopic (exact) mass is 312 g/mol. The number of ether oxygens (including phenoxy) is 1. The van der Waals surface area contributed by atoms with E-state index in [0.29, 0.717) is 6.42 Å². The quantitative estimate of drug-likeness (QED) is 0.901. The Labute approximate surface area is 115 Å². The van der Waals surface area contributed by atoms with Crippen LogP contribution < -0.4 is 15.4 Å². The van der Waals surface area contributed by atoms with E-state index < -0.39 is 0 Å². The average Bonchev–Trinajstić information content (AvgIpc) is 2.56. The lowest BCUT2D eigenvalue weighted by atomic mass is 10.1. The van der Waals surface area contributed by atoms with E-state index in [1.807, 2.05) is 18.2 Å². The van der Waals surface area contributed by atoms with Crippen LogP contribution in [0.2, 0.25) is 0 Å². The molecule has 4 nitrogen and oxygen atoms in total. The summed E-state index contributed by atoms with van der Waals surface area (Å²) in [5, 5.41) is 6.29. The van der Waals surface area contributed by atoms with Gasteiger partial charge in [0.2, 0.25) is 5.91 Å². The van der Waals surface area contributed by atoms with Gasteiger partial charge in [-0.25, -0.2) is 0 Å². The largest absolute Gasteiger partial charge is 0.497 e. The minimum Gasteiger partial charge on any atom is -0.497 e. The maximum Gasteiger partial charge on any atom is 0.222 e. The van der Waals surface area contributed by atoms with Gasteiger partial charge in [0.25, 0.3) is 0 Å². The fraction of sp³-hybridized carbons (Fsp3) is 0.462. The van der Waals surface area contributed by atoms with Gasteiger partial charge in [0.15, 0.2) is 0 Å². The van der Waals surface area contributed by atoms with Crippen molar-refractivity contribution in [3.05, 3.63) is 22.7 Å². The van der Waals surface area contributed by atoms with Crippen molar-refractivity contribution in [1.82, 2.24) is 5.32 Å². The van der Waals surface area contributed by atoms with Gasteiger partial charge in [-0.15, -0.1) is 0 Å². The predicted octanol–water partition coefficient (Wildman–Crippen LogP) is 2.54. The van der Waals surface area contributed by atoms with Gasteiger partial charge in [0, 0.05) is 29.5 Å². The first-order valence-electron chi connectivity index (χ1n) is 6.06. The average molecular weight is 313 g/mol. The highest BCUT2D eigenvalue weighted by Gasteiger charge is 2.18. The molecule has 0 radical (unpaired) electrons. The summed E-state index contributed by atoms with van der Waals surface area (Å²) in [6.45, 7) is 0.774. The van der Waals surface area contributed by atoms with E-state index in [2.05, 4.69) is 26.6 Å². The standard InChI is InChI=1S/C13H17BrN2O2/c1-18-10-4-5-11(14)12(8-10)16-9-3-2-6-15-13(17)7-9/h4-5,8-9,16H,2-3,6-7H2,1H3,(H,15,17). The first-order chi connectivity index (χ1) is 8.69. The number of hydrogen-bond donors (Lipinski definition) is 2. The fourth-order valence-corrected chi connectivity index (χ4v) is 2.42. The van der Waals surface area contributed by atoms with E-state index in [1.165, 1.54) is 0 Å². The molecule has 2 rings (SSSR count). The molecule has 98 valence electrons. The van der Waals surface area contributed by atoms with Crippen LogP contribution in [0.15, 0.2) is 22.7 Å². The van der Waals surface area contributed by atoms with Crippen LogP contribution in [0, 0.1) is 0 Å². The van der Waals surface area contributed by atoms with Crippen LogP contribution in [-0.2, 0) is 4.79 Å². The number of carbonyl (C=O) groups excluding carboxylic acids is 1. The first kappa shape index (κ1) is 13.2. The van der Waals surface area contributed by atoms with E-state index in [-0.39, 0.29) is 11.9 Å². The molecule has 0 saturated carbocycles. The molecule has 1 aliphatic heterocycles. The molecule has 1 atom stereocenters. The first-order valence-corrected chi connectivity index (χ1v) is 6.85. The van der Waals surface area contributed by atoms with E-state index in [1.54, 1.807) is 7.11 Å². The molecule has 1 fully saturated rings. The molecule has 0 bridgehead atoms. The molecule has 1 heterocycles. The van der Waals surface area contributed by atoms with Crippen LogP contribution in [-0.4, -0.2) is 25.6 Å². The second kappa shape index (κ2) is 6.09. The van der Waals surface area contributed by atoms with Crippen molar-refractivity contribution < 1.29 is 9.53 Å². The maximum absolute atomic E-state index is 11.5. The summed E-state index contributed by atoms with van der Waals surface area (Å²) in [5.41, 5.74) is 0.967. The van der Waals surface area contributed by atoms with Gasteiger partial charge in [-0.1, -0.05) is 0 Å². The summed E-state index contributed by atoms with van der Waals surface area (Å²) in [7, 11) is 1.64. The highest BCUT2D eigenvalue weighted by Crippen LogP contribution is 2.28. The second-order valence-electron chi connectivity index (χ2n) is 4.38. The van der Waals surface area contributed by atoms with Crippen molar-refractivity contribution in [2.45, 2.75) is 25.3 Å². The SMILES string of the molecule is COc1ccc(Br)c(NC2CCCNC(=O)C2)c1. The summed E-state index contributed by atoms with van der Waals surface area (Å²) < 4.78 is 6.18. The zero-order chi connectivity index (χ0) is 13.0. The van der Waals surface area contributed by atoms with Gasteiger partial charge < -0.3 is 15.4 Å². The molecule has 2 N–H and O–H groups in total. The number of amides is 1. The van der Waals surface area contributed by atoms with Gasteiger partial charge in [-0.2, -0.15) is 0 Å². The van der Waals surface area contributed by atoms with Crippen LogP contribution in [0.3, 0.4) is 0 Å². The number of carbonyl (C=O) groups is 1. The highest BCUT2D eigenvalue weighted by atomic mass is 79.9. The van der Waals surface area contributed by atoms with E-state index in [4.69, 9.17) is 4.74 Å². The van der Waals surface area contributed by atoms with Crippen molar-refractivity contribution in [1.29, 1.82) is 0 Å². The lowest BCUT2D eigenvalue weighted by Gasteiger charge is -2.18. The van der Waals surface area contributed by atoms with Crippen molar-refractivity contribution in [3.63, 3.8) is 0 Å². The molecule has 1 amide bonds. The van der Waals surface area contributed by atoms with E-state index in [0.717, 1.165) is 35.3 Å². The van der Waals surface area contributed by atoms with Crippen molar-refractivity contribution in [3.8, 4) is 5.75 Å². The number of hydrogen-bond acceptors (Lipinski definition) is 3. The Bertz CT molecular complexity index is 437. The van der Waals surface area contributed by atoms with Crippen LogP contribution in [0.1, 0.15) is 19.3 Å². The Morgan fingerprint density at radius 1 is 1.50 bits per heavy atom. The summed E-state index contributed by atoms with van der Waals surface area (Å²) in [6, 6.07) is 5.95. The van der Waals surface area contributed by atoms with Crippen LogP contribution >= 0.6 is 15.9 Å². The van der Waals surface area contributed by atoms with Crippen molar-refractivity contribution in [2.75, 3.05) is 19.0 Å². The van der Waals surface area contributed by atoms with Gasteiger partial charge in [-0.05, 0) is 40.9 Å². The van der Waals surface area contributed by atoms with Crippen molar-refractivity contribution >= 4 is 27.5 Å². The third kappa shape index (κ3) is 3.38. The smallest absolute Gasteiger partial charge is 0.222 e. The minimum absolute atomic E-state index is 0.115. The third-order valence-electron chi connectivity index (χ3n) is 3.02. The highest BCUT2D eigenvalue weighted by molar-refractivity contribution is 9.10. The van der Waals surface area contributed by atoms with E-state index in [9.17, 15) is 4.79 Å². The summed E-state index contributed by atoms with van der Waals surface area (Å²) in [6.07, 6.45) is 2.51. The number of rotatable bonds is 3. The number of nitrogens with one attached hydrogen (secondary N) is 2. The van der Waals surface area contributed by atoms with E-state index >= 15 is 0 Å². The Balaban J connectivity index is 2.09. The van der Waals surface area contributed by atoms with Gasteiger partial charge in [0.1, 0.15) is 5.75 Å². The van der Waals surface area contributed by atoms with Gasteiger partial charge >= 0.3 is 0 Å². The van der Waals surface area contributed by atoms with Crippen molar-refractivity contribution in [2.24, 2.45) is 0 Å². The Morgan fingerprint density at radius 3 is 3.11 bits per heavy atom. The molecule has 0 spiro atoms. The third-order valence-corrected chi connectivity index (χ3v) is 3.71. The number of halogens is 1. The zero-order valence-electron chi connectivity index (χ0n) is 10.3. The molecular formula is C13H17BrN2O2. The topological polar surface area (TPSA) is 50.4 Å². The van der Waals surface area contributed by atoms with Crippen LogP contribution in [0.5, 0.6) is 5.75 Å². The summed E-state index contributed by atoms with van der Waals surface area (Å²) in [5.74, 6) is 0.919. The minimum atomic E-state index is 0.115. The molecular weight excluding hydrogens is 296 g/mol. The molecule has 1 aliphatic rings. The summed E-state index contributed by atoms with van der Waals surface area (Å²) in [4.78, 5) is 11.5. The number of methoxy groups -OCH3 is 1. The molecule has 0 aliphatic carbocycles. The van der Waals surface area contributed by atoms with Gasteiger partial charge in [0.05, 0.1) is 12.8 Å². The summed E-state index contributed by atoms with van der Waals surface area (Å²) >= 11 is 3.50. The Hall–Kier alpha value is -1.23. The second-order valence-corrected chi connectivity index (χ2v) is 5.24.